The van der Waals surface area contributed by atoms with E-state index in [0.29, 0.717) is 6.07 Å². The molecule has 0 bridgehead atoms. The van der Waals surface area contributed by atoms with E-state index in [-0.39, 0.29) is 39.0 Å². The molecular formula is C17H10Cl2F4N2O2. The van der Waals surface area contributed by atoms with Gasteiger partial charge in [-0.25, -0.2) is 14.2 Å². The van der Waals surface area contributed by atoms with Crippen molar-refractivity contribution in [2.45, 2.75) is 13.1 Å². The Kier molecular flexibility index (Phi) is 5.05. The molecule has 3 aromatic rings. The Morgan fingerprint density at radius 3 is 2.56 bits per heavy atom. The van der Waals surface area contributed by atoms with E-state index in [9.17, 15) is 22.4 Å². The zero-order chi connectivity index (χ0) is 19.9. The molecule has 0 unspecified atom stereocenters. The van der Waals surface area contributed by atoms with E-state index in [1.807, 2.05) is 0 Å². The number of benzene rings is 1. The zero-order valence-corrected chi connectivity index (χ0v) is 15.1. The average molecular weight is 421 g/mol. The first-order chi connectivity index (χ1) is 12.6. The van der Waals surface area contributed by atoms with E-state index in [1.165, 1.54) is 0 Å². The van der Waals surface area contributed by atoms with Crippen molar-refractivity contribution in [1.29, 1.82) is 0 Å². The van der Waals surface area contributed by atoms with Gasteiger partial charge in [-0.05, 0) is 25.1 Å². The number of alkyl halides is 3. The zero-order valence-electron chi connectivity index (χ0n) is 13.6. The summed E-state index contributed by atoms with van der Waals surface area (Å²) in [7, 11) is 0. The second kappa shape index (κ2) is 7.01. The molecule has 0 aliphatic carbocycles. The Labute approximate surface area is 160 Å². The highest BCUT2D eigenvalue weighted by molar-refractivity contribution is 6.35. The van der Waals surface area contributed by atoms with Crippen LogP contribution in [0.2, 0.25) is 10.0 Å². The number of halogens is 6. The predicted octanol–water partition coefficient (Wildman–Crippen LogP) is 5.64. The van der Waals surface area contributed by atoms with Crippen molar-refractivity contribution in [1.82, 2.24) is 9.38 Å². The minimum Gasteiger partial charge on any atom is -0.462 e. The minimum atomic E-state index is -4.70. The van der Waals surface area contributed by atoms with Crippen LogP contribution >= 0.6 is 23.2 Å². The Morgan fingerprint density at radius 1 is 1.22 bits per heavy atom. The highest BCUT2D eigenvalue weighted by atomic mass is 35.5. The number of esters is 1. The number of nitrogens with zero attached hydrogens (tertiary/aromatic N) is 2. The monoisotopic (exact) mass is 420 g/mol. The van der Waals surface area contributed by atoms with Gasteiger partial charge in [0.15, 0.2) is 0 Å². The van der Waals surface area contributed by atoms with E-state index in [0.717, 1.165) is 28.9 Å². The summed E-state index contributed by atoms with van der Waals surface area (Å²) in [5, 5.41) is -0.575. The number of imidazole rings is 1. The van der Waals surface area contributed by atoms with Crippen molar-refractivity contribution in [2.24, 2.45) is 0 Å². The molecule has 0 saturated carbocycles. The number of ether oxygens (including phenoxy) is 1. The molecule has 0 amide bonds. The maximum Gasteiger partial charge on any atom is 0.431 e. The minimum absolute atomic E-state index is 0.0629. The number of aromatic nitrogens is 2. The molecule has 0 aliphatic rings. The fourth-order valence-corrected chi connectivity index (χ4v) is 3.14. The quantitative estimate of drug-likeness (QED) is 0.406. The van der Waals surface area contributed by atoms with Gasteiger partial charge in [0.05, 0.1) is 22.2 Å². The van der Waals surface area contributed by atoms with E-state index < -0.39 is 23.7 Å². The summed E-state index contributed by atoms with van der Waals surface area (Å²) in [6.45, 7) is 1.64. The Bertz CT molecular complexity index is 1050. The van der Waals surface area contributed by atoms with E-state index in [4.69, 9.17) is 27.9 Å². The van der Waals surface area contributed by atoms with Gasteiger partial charge in [0.25, 0.3) is 0 Å². The number of hydrogen-bond acceptors (Lipinski definition) is 3. The number of pyridine rings is 1. The molecule has 10 heteroatoms. The lowest BCUT2D eigenvalue weighted by atomic mass is 10.0. The molecule has 0 N–H and O–H groups in total. The van der Waals surface area contributed by atoms with Crippen LogP contribution in [-0.4, -0.2) is 22.0 Å². The lowest BCUT2D eigenvalue weighted by Crippen LogP contribution is -2.12. The van der Waals surface area contributed by atoms with Gasteiger partial charge < -0.3 is 4.74 Å². The first-order valence-corrected chi connectivity index (χ1v) is 8.30. The molecule has 0 fully saturated rings. The summed E-state index contributed by atoms with van der Waals surface area (Å²) in [5.74, 6) is -1.68. The maximum absolute atomic E-state index is 14.6. The lowest BCUT2D eigenvalue weighted by Gasteiger charge is -2.15. The van der Waals surface area contributed by atoms with Crippen LogP contribution in [0.4, 0.5) is 17.6 Å². The highest BCUT2D eigenvalue weighted by Crippen LogP contribution is 2.40. The summed E-state index contributed by atoms with van der Waals surface area (Å²) in [6.07, 6.45) is -2.49. The van der Waals surface area contributed by atoms with Gasteiger partial charge >= 0.3 is 12.1 Å². The Hall–Kier alpha value is -2.32. The topological polar surface area (TPSA) is 43.6 Å². The fraction of sp³-hybridized carbons (Fsp3) is 0.176. The number of carbonyl (C=O) groups is 1. The molecule has 0 atom stereocenters. The van der Waals surface area contributed by atoms with Crippen LogP contribution in [0, 0.1) is 5.82 Å². The normalized spacial score (nSPS) is 11.8. The van der Waals surface area contributed by atoms with Crippen LogP contribution in [0.1, 0.15) is 23.0 Å². The van der Waals surface area contributed by atoms with Crippen molar-refractivity contribution in [3.8, 4) is 11.1 Å². The van der Waals surface area contributed by atoms with Gasteiger partial charge in [0.2, 0.25) is 0 Å². The van der Waals surface area contributed by atoms with Crippen molar-refractivity contribution in [3.63, 3.8) is 0 Å². The highest BCUT2D eigenvalue weighted by Gasteiger charge is 2.35. The second-order valence-corrected chi connectivity index (χ2v) is 6.22. The van der Waals surface area contributed by atoms with Crippen molar-refractivity contribution in [2.75, 3.05) is 6.61 Å². The third-order valence-electron chi connectivity index (χ3n) is 3.74. The molecule has 0 radical (unpaired) electrons. The summed E-state index contributed by atoms with van der Waals surface area (Å²) in [6, 6.07) is 2.62. The molecule has 0 spiro atoms. The van der Waals surface area contributed by atoms with Crippen LogP contribution in [0.25, 0.3) is 16.8 Å². The Morgan fingerprint density at radius 2 is 1.93 bits per heavy atom. The summed E-state index contributed by atoms with van der Waals surface area (Å²) < 4.78 is 59.9. The first-order valence-electron chi connectivity index (χ1n) is 7.54. The molecule has 1 aromatic carbocycles. The van der Waals surface area contributed by atoms with Gasteiger partial charge in [-0.3, -0.25) is 4.40 Å². The maximum atomic E-state index is 14.6. The standard InChI is InChI=1S/C17H10Cl2F4N2O2/c1-2-27-16(26)8-5-9(12(20)6-10(8)18)14-11(19)7-13(17(21,22)23)25-4-3-24-15(14)25/h3-7H,2H2,1H3. The summed E-state index contributed by atoms with van der Waals surface area (Å²) >= 11 is 11.9. The number of carbonyl (C=O) groups excluding carboxylic acids is 1. The van der Waals surface area contributed by atoms with E-state index in [2.05, 4.69) is 4.98 Å². The van der Waals surface area contributed by atoms with Gasteiger partial charge in [0, 0.05) is 23.5 Å². The molecular weight excluding hydrogens is 411 g/mol. The SMILES string of the molecule is CCOC(=O)c1cc(-c2c(Cl)cc(C(F)(F)F)n3ccnc23)c(F)cc1Cl. The van der Waals surface area contributed by atoms with Gasteiger partial charge in [-0.1, -0.05) is 23.2 Å². The van der Waals surface area contributed by atoms with Gasteiger partial charge in [-0.15, -0.1) is 0 Å². The van der Waals surface area contributed by atoms with Gasteiger partial charge in [0.1, 0.15) is 17.2 Å². The second-order valence-electron chi connectivity index (χ2n) is 5.40. The van der Waals surface area contributed by atoms with Crippen LogP contribution < -0.4 is 0 Å². The molecule has 2 heterocycles. The number of hydrogen-bond donors (Lipinski definition) is 0. The first kappa shape index (κ1) is 19.4. The van der Waals surface area contributed by atoms with E-state index >= 15 is 0 Å². The smallest absolute Gasteiger partial charge is 0.431 e. The molecule has 0 aliphatic heterocycles. The fourth-order valence-electron chi connectivity index (χ4n) is 2.62. The van der Waals surface area contributed by atoms with Gasteiger partial charge in [-0.2, -0.15) is 13.2 Å². The molecule has 0 saturated heterocycles. The van der Waals surface area contributed by atoms with Crippen LogP contribution in [0.5, 0.6) is 0 Å². The Balaban J connectivity index is 2.31. The van der Waals surface area contributed by atoms with Crippen LogP contribution in [0.15, 0.2) is 30.6 Å². The summed E-state index contributed by atoms with van der Waals surface area (Å²) in [5.41, 5.74) is -1.75. The molecule has 3 rings (SSSR count). The van der Waals surface area contributed by atoms with Crippen molar-refractivity contribution in [3.05, 3.63) is 57.7 Å². The third-order valence-corrected chi connectivity index (χ3v) is 4.35. The van der Waals surface area contributed by atoms with E-state index in [1.54, 1.807) is 6.92 Å². The summed E-state index contributed by atoms with van der Waals surface area (Å²) in [4.78, 5) is 15.9. The number of rotatable bonds is 3. The van der Waals surface area contributed by atoms with Crippen LogP contribution in [0.3, 0.4) is 0 Å². The predicted molar refractivity (Wildman–Crippen MR) is 91.6 cm³/mol. The average Bonchev–Trinajstić information content (AvgIpc) is 3.03. The molecule has 2 aromatic heterocycles. The van der Waals surface area contributed by atoms with Crippen LogP contribution in [-0.2, 0) is 10.9 Å². The molecule has 142 valence electrons. The lowest BCUT2D eigenvalue weighted by molar-refractivity contribution is -0.142. The number of fused-ring (bicyclic) bond motifs is 1. The third kappa shape index (κ3) is 3.46. The molecule has 27 heavy (non-hydrogen) atoms. The molecule has 4 nitrogen and oxygen atoms in total. The van der Waals surface area contributed by atoms with Crippen molar-refractivity contribution >= 4 is 34.8 Å². The largest absolute Gasteiger partial charge is 0.462 e. The van der Waals surface area contributed by atoms with Crippen molar-refractivity contribution < 1.29 is 27.1 Å².